The molecule has 1 aliphatic rings. The topological polar surface area (TPSA) is 53.0 Å². The van der Waals surface area contributed by atoms with Crippen molar-refractivity contribution in [3.8, 4) is 0 Å². The molecule has 136 valence electrons. The van der Waals surface area contributed by atoms with Crippen molar-refractivity contribution in [2.24, 2.45) is 5.10 Å². The second kappa shape index (κ2) is 7.78. The third kappa shape index (κ3) is 3.99. The highest BCUT2D eigenvalue weighted by atomic mass is 32.1. The minimum atomic E-state index is -0.331. The van der Waals surface area contributed by atoms with Gasteiger partial charge in [-0.25, -0.2) is 9.40 Å². The van der Waals surface area contributed by atoms with Gasteiger partial charge in [-0.2, -0.15) is 5.10 Å². The highest BCUT2D eigenvalue weighted by Gasteiger charge is 2.28. The van der Waals surface area contributed by atoms with Gasteiger partial charge in [0.05, 0.1) is 12.6 Å². The zero-order valence-corrected chi connectivity index (χ0v) is 15.5. The number of hydrogen-bond donors (Lipinski definition) is 0. The zero-order chi connectivity index (χ0) is 18.7. The first-order chi connectivity index (χ1) is 12.5. The lowest BCUT2D eigenvalue weighted by Crippen LogP contribution is -2.40. The second-order valence-corrected chi connectivity index (χ2v) is 7.21. The number of benzene rings is 1. The fraction of sp³-hybridized carbons (Fsp3) is 0.316. The monoisotopic (exact) mass is 373 g/mol. The second-order valence-electron chi connectivity index (χ2n) is 6.23. The number of hydrazone groups is 1. The third-order valence-corrected chi connectivity index (χ3v) is 5.50. The molecule has 0 radical (unpaired) electrons. The quantitative estimate of drug-likeness (QED) is 0.804. The van der Waals surface area contributed by atoms with Gasteiger partial charge in [-0.15, -0.1) is 11.3 Å². The summed E-state index contributed by atoms with van der Waals surface area (Å²) in [4.78, 5) is 27.7. The summed E-state index contributed by atoms with van der Waals surface area (Å²) in [5.41, 5.74) is 1.13. The molecule has 5 nitrogen and oxygen atoms in total. The van der Waals surface area contributed by atoms with Crippen LogP contribution in [0.1, 0.15) is 36.2 Å². The zero-order valence-electron chi connectivity index (χ0n) is 14.7. The molecule has 1 atom stereocenters. The van der Waals surface area contributed by atoms with Gasteiger partial charge < -0.3 is 4.90 Å². The van der Waals surface area contributed by atoms with E-state index in [2.05, 4.69) is 5.10 Å². The Bertz CT molecular complexity index is 818. The summed E-state index contributed by atoms with van der Waals surface area (Å²) < 4.78 is 13.0. The van der Waals surface area contributed by atoms with Crippen LogP contribution in [0.4, 0.5) is 4.39 Å². The van der Waals surface area contributed by atoms with Crippen molar-refractivity contribution in [3.05, 3.63) is 58.0 Å². The van der Waals surface area contributed by atoms with Crippen LogP contribution in [-0.4, -0.2) is 34.5 Å². The van der Waals surface area contributed by atoms with E-state index in [1.165, 1.54) is 17.1 Å². The molecule has 0 fully saturated rings. The van der Waals surface area contributed by atoms with Crippen LogP contribution >= 0.6 is 11.3 Å². The minimum Gasteiger partial charge on any atom is -0.333 e. The average molecular weight is 373 g/mol. The molecule has 1 aromatic heterocycles. The molecule has 0 saturated carbocycles. The first kappa shape index (κ1) is 18.3. The van der Waals surface area contributed by atoms with Gasteiger partial charge in [0.1, 0.15) is 11.5 Å². The van der Waals surface area contributed by atoms with E-state index in [0.717, 1.165) is 10.4 Å². The Labute approximate surface area is 155 Å². The number of hydrogen-bond acceptors (Lipinski definition) is 4. The minimum absolute atomic E-state index is 0.0617. The van der Waals surface area contributed by atoms with E-state index < -0.39 is 0 Å². The Morgan fingerprint density at radius 2 is 2.04 bits per heavy atom. The van der Waals surface area contributed by atoms with Crippen molar-refractivity contribution < 1.29 is 14.0 Å². The molecule has 2 amide bonds. The molecule has 26 heavy (non-hydrogen) atoms. The number of rotatable bonds is 5. The maximum Gasteiger partial charge on any atom is 0.270 e. The summed E-state index contributed by atoms with van der Waals surface area (Å²) in [6.07, 6.45) is 0.575. The van der Waals surface area contributed by atoms with Crippen LogP contribution in [-0.2, 0) is 16.1 Å². The fourth-order valence-corrected chi connectivity index (χ4v) is 3.57. The Morgan fingerprint density at radius 3 is 2.69 bits per heavy atom. The molecule has 0 bridgehead atoms. The van der Waals surface area contributed by atoms with Crippen LogP contribution < -0.4 is 0 Å². The third-order valence-electron chi connectivity index (χ3n) is 4.45. The molecule has 1 aliphatic heterocycles. The maximum atomic E-state index is 13.0. The Morgan fingerprint density at radius 1 is 1.31 bits per heavy atom. The normalized spacial score (nSPS) is 15.6. The van der Waals surface area contributed by atoms with Gasteiger partial charge in [0.25, 0.3) is 5.91 Å². The molecule has 1 unspecified atom stereocenters. The van der Waals surface area contributed by atoms with Crippen molar-refractivity contribution in [2.75, 3.05) is 7.05 Å². The smallest absolute Gasteiger partial charge is 0.270 e. The standard InChI is InChI=1S/C19H20FN3O2S/c1-13(17-4-3-11-26-17)22(2)19(25)16-9-10-18(24)23(21-16)12-14-5-7-15(20)8-6-14/h3-8,11,13H,9-10,12H2,1-2H3. The van der Waals surface area contributed by atoms with Crippen LogP contribution in [0.2, 0.25) is 0 Å². The summed E-state index contributed by atoms with van der Waals surface area (Å²) in [6.45, 7) is 2.19. The predicted octanol–water partition coefficient (Wildman–Crippen LogP) is 3.59. The molecule has 1 aromatic carbocycles. The molecular weight excluding hydrogens is 353 g/mol. The van der Waals surface area contributed by atoms with Crippen molar-refractivity contribution >= 4 is 28.9 Å². The van der Waals surface area contributed by atoms with Crippen molar-refractivity contribution in [1.29, 1.82) is 0 Å². The lowest BCUT2D eigenvalue weighted by molar-refractivity contribution is -0.132. The summed E-state index contributed by atoms with van der Waals surface area (Å²) in [7, 11) is 1.75. The van der Waals surface area contributed by atoms with Crippen LogP contribution in [0.25, 0.3) is 0 Å². The Hall–Kier alpha value is -2.54. The largest absolute Gasteiger partial charge is 0.333 e. The van der Waals surface area contributed by atoms with Crippen molar-refractivity contribution in [3.63, 3.8) is 0 Å². The van der Waals surface area contributed by atoms with E-state index in [0.29, 0.717) is 12.1 Å². The van der Waals surface area contributed by atoms with E-state index in [1.54, 1.807) is 35.4 Å². The number of nitrogens with zero attached hydrogens (tertiary/aromatic N) is 3. The van der Waals surface area contributed by atoms with E-state index >= 15 is 0 Å². The van der Waals surface area contributed by atoms with Gasteiger partial charge in [0.15, 0.2) is 0 Å². The number of carbonyl (C=O) groups excluding carboxylic acids is 2. The van der Waals surface area contributed by atoms with Gasteiger partial charge in [-0.05, 0) is 36.1 Å². The molecule has 2 aromatic rings. The highest BCUT2D eigenvalue weighted by Crippen LogP contribution is 2.24. The summed E-state index contributed by atoms with van der Waals surface area (Å²) in [6, 6.07) is 9.79. The number of thiophene rings is 1. The van der Waals surface area contributed by atoms with Gasteiger partial charge in [-0.3, -0.25) is 9.59 Å². The molecule has 0 N–H and O–H groups in total. The first-order valence-electron chi connectivity index (χ1n) is 8.38. The van der Waals surface area contributed by atoms with E-state index in [4.69, 9.17) is 0 Å². The summed E-state index contributed by atoms with van der Waals surface area (Å²) in [5.74, 6) is -0.649. The van der Waals surface area contributed by atoms with Gasteiger partial charge in [-0.1, -0.05) is 18.2 Å². The van der Waals surface area contributed by atoms with Crippen LogP contribution in [0.5, 0.6) is 0 Å². The van der Waals surface area contributed by atoms with Crippen molar-refractivity contribution in [1.82, 2.24) is 9.91 Å². The molecule has 2 heterocycles. The number of amides is 2. The Balaban J connectivity index is 1.74. The summed E-state index contributed by atoms with van der Waals surface area (Å²) in [5, 5.41) is 7.56. The lowest BCUT2D eigenvalue weighted by Gasteiger charge is -2.28. The molecular formula is C19H20FN3O2S. The number of halogens is 1. The average Bonchev–Trinajstić information content (AvgIpc) is 3.18. The van der Waals surface area contributed by atoms with E-state index in [-0.39, 0.29) is 36.6 Å². The van der Waals surface area contributed by atoms with E-state index in [1.807, 2.05) is 24.4 Å². The fourth-order valence-electron chi connectivity index (χ4n) is 2.74. The van der Waals surface area contributed by atoms with E-state index in [9.17, 15) is 14.0 Å². The molecule has 3 rings (SSSR count). The SMILES string of the molecule is CC(c1cccs1)N(C)C(=O)C1=NN(Cc2ccc(F)cc2)C(=O)CC1. The number of carbonyl (C=O) groups is 2. The molecule has 7 heteroatoms. The molecule has 0 aliphatic carbocycles. The molecule has 0 saturated heterocycles. The predicted molar refractivity (Wildman–Crippen MR) is 99.1 cm³/mol. The van der Waals surface area contributed by atoms with Crippen LogP contribution in [0, 0.1) is 5.82 Å². The first-order valence-corrected chi connectivity index (χ1v) is 9.26. The van der Waals surface area contributed by atoms with Crippen LogP contribution in [0.15, 0.2) is 46.9 Å². The Kier molecular flexibility index (Phi) is 5.46. The highest BCUT2D eigenvalue weighted by molar-refractivity contribution is 7.10. The van der Waals surface area contributed by atoms with Crippen molar-refractivity contribution in [2.45, 2.75) is 32.4 Å². The maximum absolute atomic E-state index is 13.0. The molecule has 0 spiro atoms. The van der Waals surface area contributed by atoms with Crippen LogP contribution in [0.3, 0.4) is 0 Å². The van der Waals surface area contributed by atoms with Gasteiger partial charge in [0, 0.05) is 24.8 Å². The lowest BCUT2D eigenvalue weighted by atomic mass is 10.1. The van der Waals surface area contributed by atoms with Gasteiger partial charge in [0.2, 0.25) is 5.91 Å². The van der Waals surface area contributed by atoms with Gasteiger partial charge >= 0.3 is 0 Å². The summed E-state index contributed by atoms with van der Waals surface area (Å²) >= 11 is 1.60.